The van der Waals surface area contributed by atoms with Gasteiger partial charge in [0, 0.05) is 37.9 Å². The van der Waals surface area contributed by atoms with Crippen LogP contribution < -0.4 is 9.64 Å². The summed E-state index contributed by atoms with van der Waals surface area (Å²) in [7, 11) is 2.75. The van der Waals surface area contributed by atoms with E-state index in [-0.39, 0.29) is 18.3 Å². The van der Waals surface area contributed by atoms with Gasteiger partial charge in [0.25, 0.3) is 0 Å². The van der Waals surface area contributed by atoms with Gasteiger partial charge in [0.2, 0.25) is 0 Å². The van der Waals surface area contributed by atoms with Crippen LogP contribution in [0.5, 0.6) is 5.75 Å². The second-order valence-corrected chi connectivity index (χ2v) is 7.29. The Balaban J connectivity index is 2.16. The molecule has 1 saturated heterocycles. The first-order chi connectivity index (χ1) is 12.7. The van der Waals surface area contributed by atoms with Crippen LogP contribution in [0, 0.1) is 0 Å². The third-order valence-electron chi connectivity index (χ3n) is 4.24. The lowest BCUT2D eigenvalue weighted by Gasteiger charge is -2.37. The fourth-order valence-corrected chi connectivity index (χ4v) is 2.93. The molecule has 1 aromatic carbocycles. The van der Waals surface area contributed by atoms with Crippen molar-refractivity contribution in [1.29, 1.82) is 0 Å². The first-order valence-electron chi connectivity index (χ1n) is 8.83. The van der Waals surface area contributed by atoms with Gasteiger partial charge in [-0.3, -0.25) is 0 Å². The fraction of sp³-hybridized carbons (Fsp3) is 0.579. The number of methoxy groups -OCH3 is 2. The Labute approximate surface area is 159 Å². The quantitative estimate of drug-likeness (QED) is 0.800. The van der Waals surface area contributed by atoms with E-state index in [1.54, 1.807) is 17.0 Å². The second kappa shape index (κ2) is 8.47. The molecule has 0 spiro atoms. The zero-order valence-corrected chi connectivity index (χ0v) is 16.6. The molecule has 0 aliphatic carbocycles. The summed E-state index contributed by atoms with van der Waals surface area (Å²) in [6.07, 6.45) is -0.322. The Hall–Kier alpha value is -2.48. The molecule has 0 aromatic heterocycles. The number of hydrogen-bond acceptors (Lipinski definition) is 7. The van der Waals surface area contributed by atoms with Crippen molar-refractivity contribution in [2.45, 2.75) is 33.0 Å². The van der Waals surface area contributed by atoms with E-state index < -0.39 is 11.6 Å². The van der Waals surface area contributed by atoms with Crippen molar-refractivity contribution in [3.05, 3.63) is 23.3 Å². The minimum atomic E-state index is -0.558. The number of anilines is 1. The van der Waals surface area contributed by atoms with Gasteiger partial charge in [-0.15, -0.1) is 0 Å². The van der Waals surface area contributed by atoms with Gasteiger partial charge in [-0.1, -0.05) is 0 Å². The molecule has 1 aromatic rings. The van der Waals surface area contributed by atoms with Crippen LogP contribution in [0.4, 0.5) is 10.5 Å². The van der Waals surface area contributed by atoms with Crippen molar-refractivity contribution in [2.75, 3.05) is 45.3 Å². The van der Waals surface area contributed by atoms with Crippen LogP contribution in [0.2, 0.25) is 0 Å². The predicted molar refractivity (Wildman–Crippen MR) is 100 cm³/mol. The Morgan fingerprint density at radius 2 is 1.74 bits per heavy atom. The lowest BCUT2D eigenvalue weighted by atomic mass is 10.0. The van der Waals surface area contributed by atoms with Crippen LogP contribution in [0.1, 0.15) is 36.7 Å². The topological polar surface area (TPSA) is 88.5 Å². The summed E-state index contributed by atoms with van der Waals surface area (Å²) in [6, 6.07) is 3.49. The molecule has 0 bridgehead atoms. The molecule has 0 unspecified atom stereocenters. The maximum absolute atomic E-state index is 12.2. The summed E-state index contributed by atoms with van der Waals surface area (Å²) in [6.45, 7) is 7.45. The van der Waals surface area contributed by atoms with E-state index in [9.17, 15) is 14.7 Å². The minimum Gasteiger partial charge on any atom is -0.496 e. The number of aliphatic hydroxyl groups is 1. The maximum Gasteiger partial charge on any atom is 0.410 e. The molecule has 0 radical (unpaired) electrons. The SMILES string of the molecule is COC(=O)c1c(CO)cc(N2CCN(C(=O)OC(C)(C)C)CC2)cc1OC. The summed E-state index contributed by atoms with van der Waals surface area (Å²) >= 11 is 0. The highest BCUT2D eigenvalue weighted by molar-refractivity contribution is 5.95. The number of nitrogens with zero attached hydrogens (tertiary/aromatic N) is 2. The summed E-state index contributed by atoms with van der Waals surface area (Å²) < 4.78 is 15.5. The Bertz CT molecular complexity index is 665. The van der Waals surface area contributed by atoms with Gasteiger partial charge in [0.15, 0.2) is 0 Å². The van der Waals surface area contributed by atoms with E-state index in [4.69, 9.17) is 14.2 Å². The number of carbonyl (C=O) groups excluding carboxylic acids is 2. The highest BCUT2D eigenvalue weighted by Gasteiger charge is 2.27. The van der Waals surface area contributed by atoms with Gasteiger partial charge >= 0.3 is 12.1 Å². The number of rotatable bonds is 4. The number of piperazine rings is 1. The van der Waals surface area contributed by atoms with Gasteiger partial charge < -0.3 is 29.1 Å². The molecule has 2 rings (SSSR count). The Kier molecular flexibility index (Phi) is 6.54. The van der Waals surface area contributed by atoms with E-state index >= 15 is 0 Å². The van der Waals surface area contributed by atoms with Gasteiger partial charge in [-0.2, -0.15) is 0 Å². The average Bonchev–Trinajstić information content (AvgIpc) is 2.64. The van der Waals surface area contributed by atoms with Crippen molar-refractivity contribution in [1.82, 2.24) is 4.90 Å². The average molecular weight is 380 g/mol. The van der Waals surface area contributed by atoms with E-state index in [1.807, 2.05) is 20.8 Å². The number of aliphatic hydroxyl groups excluding tert-OH is 1. The van der Waals surface area contributed by atoms with Crippen molar-refractivity contribution < 1.29 is 28.9 Å². The molecule has 27 heavy (non-hydrogen) atoms. The molecular formula is C19H28N2O6. The van der Waals surface area contributed by atoms with Crippen LogP contribution in [0.3, 0.4) is 0 Å². The largest absolute Gasteiger partial charge is 0.496 e. The van der Waals surface area contributed by atoms with Crippen LogP contribution in [-0.4, -0.2) is 68.1 Å². The van der Waals surface area contributed by atoms with E-state index in [0.29, 0.717) is 37.5 Å². The number of hydrogen-bond donors (Lipinski definition) is 1. The molecule has 8 heteroatoms. The van der Waals surface area contributed by atoms with Crippen LogP contribution in [-0.2, 0) is 16.1 Å². The third kappa shape index (κ3) is 5.03. The highest BCUT2D eigenvalue weighted by atomic mass is 16.6. The van der Waals surface area contributed by atoms with Gasteiger partial charge in [-0.25, -0.2) is 9.59 Å². The van der Waals surface area contributed by atoms with Crippen molar-refractivity contribution >= 4 is 17.7 Å². The summed E-state index contributed by atoms with van der Waals surface area (Å²) in [5.41, 5.74) is 0.943. The second-order valence-electron chi connectivity index (χ2n) is 7.29. The predicted octanol–water partition coefficient (Wildman–Crippen LogP) is 2.03. The van der Waals surface area contributed by atoms with Gasteiger partial charge in [-0.05, 0) is 32.4 Å². The van der Waals surface area contributed by atoms with E-state index in [0.717, 1.165) is 5.69 Å². The molecule has 1 aliphatic rings. The molecular weight excluding hydrogens is 352 g/mol. The zero-order chi connectivity index (χ0) is 20.2. The van der Waals surface area contributed by atoms with Crippen LogP contribution >= 0.6 is 0 Å². The number of esters is 1. The van der Waals surface area contributed by atoms with E-state index in [2.05, 4.69) is 4.90 Å². The van der Waals surface area contributed by atoms with Gasteiger partial charge in [0.1, 0.15) is 16.9 Å². The molecule has 1 heterocycles. The number of benzene rings is 1. The van der Waals surface area contributed by atoms with Gasteiger partial charge in [0.05, 0.1) is 20.8 Å². The summed E-state index contributed by atoms with van der Waals surface area (Å²) in [5, 5.41) is 9.68. The van der Waals surface area contributed by atoms with Crippen LogP contribution in [0.25, 0.3) is 0 Å². The maximum atomic E-state index is 12.2. The molecule has 1 fully saturated rings. The monoisotopic (exact) mass is 380 g/mol. The molecule has 0 saturated carbocycles. The molecule has 0 atom stereocenters. The molecule has 1 N–H and O–H groups in total. The lowest BCUT2D eigenvalue weighted by Crippen LogP contribution is -2.50. The van der Waals surface area contributed by atoms with Crippen molar-refractivity contribution in [3.8, 4) is 5.75 Å². The fourth-order valence-electron chi connectivity index (χ4n) is 2.93. The number of carbonyl (C=O) groups is 2. The Morgan fingerprint density at radius 3 is 2.22 bits per heavy atom. The summed E-state index contributed by atoms with van der Waals surface area (Å²) in [4.78, 5) is 27.9. The van der Waals surface area contributed by atoms with Crippen LogP contribution in [0.15, 0.2) is 12.1 Å². The smallest absolute Gasteiger partial charge is 0.410 e. The van der Waals surface area contributed by atoms with E-state index in [1.165, 1.54) is 14.2 Å². The molecule has 8 nitrogen and oxygen atoms in total. The normalized spacial score (nSPS) is 14.7. The Morgan fingerprint density at radius 1 is 1.11 bits per heavy atom. The van der Waals surface area contributed by atoms with Crippen molar-refractivity contribution in [2.24, 2.45) is 0 Å². The summed E-state index contributed by atoms with van der Waals surface area (Å²) in [5.74, 6) is -0.213. The lowest BCUT2D eigenvalue weighted by molar-refractivity contribution is 0.0240. The number of amides is 1. The first-order valence-corrected chi connectivity index (χ1v) is 8.83. The standard InChI is InChI=1S/C19H28N2O6/c1-19(2,3)27-18(24)21-8-6-20(7-9-21)14-10-13(12-22)16(17(23)26-5)15(11-14)25-4/h10-11,22H,6-9,12H2,1-5H3. The third-order valence-corrected chi connectivity index (χ3v) is 4.24. The molecule has 150 valence electrons. The van der Waals surface area contributed by atoms with Crippen molar-refractivity contribution in [3.63, 3.8) is 0 Å². The number of ether oxygens (including phenoxy) is 3. The highest BCUT2D eigenvalue weighted by Crippen LogP contribution is 2.31. The molecule has 1 aliphatic heterocycles. The zero-order valence-electron chi connectivity index (χ0n) is 16.6. The first kappa shape index (κ1) is 20.8. The molecule has 1 amide bonds. The minimum absolute atomic E-state index is 0.221.